The molecule has 2 saturated carbocycles. The van der Waals surface area contributed by atoms with Gasteiger partial charge < -0.3 is 15.4 Å². The fraction of sp³-hybridized carbons (Fsp3) is 0.941. The normalized spacial score (nSPS) is 35.6. The van der Waals surface area contributed by atoms with Crippen molar-refractivity contribution in [3.05, 3.63) is 0 Å². The average molecular weight is 294 g/mol. The maximum absolute atomic E-state index is 12.4. The Balaban J connectivity index is 1.54. The number of urea groups is 1. The fourth-order valence-corrected chi connectivity index (χ4v) is 4.68. The monoisotopic (exact) mass is 294 g/mol. The van der Waals surface area contributed by atoms with Gasteiger partial charge in [0.15, 0.2) is 0 Å². The molecule has 3 rings (SSSR count). The van der Waals surface area contributed by atoms with Crippen LogP contribution in [-0.2, 0) is 4.74 Å². The first kappa shape index (κ1) is 15.1. The number of hydrogen-bond donors (Lipinski definition) is 2. The second-order valence-corrected chi connectivity index (χ2v) is 7.43. The van der Waals surface area contributed by atoms with E-state index in [2.05, 4.69) is 17.6 Å². The first-order valence-corrected chi connectivity index (χ1v) is 8.84. The molecule has 120 valence electrons. The lowest BCUT2D eigenvalue weighted by Crippen LogP contribution is -2.53. The Morgan fingerprint density at radius 1 is 1.05 bits per heavy atom. The molecule has 3 atom stereocenters. The molecule has 1 saturated heterocycles. The van der Waals surface area contributed by atoms with Crippen LogP contribution in [0.15, 0.2) is 0 Å². The Morgan fingerprint density at radius 2 is 1.81 bits per heavy atom. The number of carbonyl (C=O) groups excluding carboxylic acids is 1. The summed E-state index contributed by atoms with van der Waals surface area (Å²) in [5.74, 6) is 0.414. The lowest BCUT2D eigenvalue weighted by Gasteiger charge is -2.39. The summed E-state index contributed by atoms with van der Waals surface area (Å²) in [5.41, 5.74) is 0.414. The van der Waals surface area contributed by atoms with Crippen molar-refractivity contribution in [2.45, 2.75) is 76.8 Å². The van der Waals surface area contributed by atoms with Crippen molar-refractivity contribution in [3.63, 3.8) is 0 Å². The van der Waals surface area contributed by atoms with E-state index in [0.29, 0.717) is 17.4 Å². The minimum atomic E-state index is 0.0469. The minimum absolute atomic E-state index is 0.0469. The second kappa shape index (κ2) is 6.55. The van der Waals surface area contributed by atoms with Crippen LogP contribution in [0.5, 0.6) is 0 Å². The van der Waals surface area contributed by atoms with Crippen molar-refractivity contribution in [3.8, 4) is 0 Å². The van der Waals surface area contributed by atoms with Crippen molar-refractivity contribution in [2.75, 3.05) is 13.2 Å². The van der Waals surface area contributed by atoms with Crippen molar-refractivity contribution >= 4 is 6.03 Å². The summed E-state index contributed by atoms with van der Waals surface area (Å²) < 4.78 is 5.45. The van der Waals surface area contributed by atoms with Gasteiger partial charge in [-0.05, 0) is 43.4 Å². The first-order chi connectivity index (χ1) is 10.2. The van der Waals surface area contributed by atoms with Crippen molar-refractivity contribution in [1.29, 1.82) is 0 Å². The predicted octanol–water partition coefficient (Wildman–Crippen LogP) is 3.21. The number of ether oxygens (including phenoxy) is 1. The summed E-state index contributed by atoms with van der Waals surface area (Å²) in [5, 5.41) is 6.50. The molecule has 4 heteroatoms. The summed E-state index contributed by atoms with van der Waals surface area (Å²) in [7, 11) is 0. The van der Waals surface area contributed by atoms with Crippen LogP contribution in [0.25, 0.3) is 0 Å². The maximum Gasteiger partial charge on any atom is 0.315 e. The van der Waals surface area contributed by atoms with Crippen molar-refractivity contribution in [1.82, 2.24) is 10.6 Å². The van der Waals surface area contributed by atoms with Crippen LogP contribution in [0.3, 0.4) is 0 Å². The van der Waals surface area contributed by atoms with E-state index in [1.807, 2.05) is 0 Å². The highest BCUT2D eigenvalue weighted by molar-refractivity contribution is 5.74. The van der Waals surface area contributed by atoms with Gasteiger partial charge in [-0.3, -0.25) is 0 Å². The summed E-state index contributed by atoms with van der Waals surface area (Å²) in [6.07, 6.45) is 11.4. The molecule has 2 amide bonds. The molecule has 3 aliphatic rings. The Labute approximate surface area is 128 Å². The summed E-state index contributed by atoms with van der Waals surface area (Å²) in [6.45, 7) is 3.68. The van der Waals surface area contributed by atoms with E-state index in [1.54, 1.807) is 0 Å². The Kier molecular flexibility index (Phi) is 4.72. The minimum Gasteiger partial charge on any atom is -0.381 e. The number of rotatable bonds is 2. The maximum atomic E-state index is 12.4. The van der Waals surface area contributed by atoms with E-state index in [-0.39, 0.29) is 12.1 Å². The number of amides is 2. The van der Waals surface area contributed by atoms with E-state index in [9.17, 15) is 4.79 Å². The molecule has 0 radical (unpaired) electrons. The van der Waals surface area contributed by atoms with Crippen LogP contribution in [-0.4, -0.2) is 31.3 Å². The predicted molar refractivity (Wildman–Crippen MR) is 83.2 cm³/mol. The van der Waals surface area contributed by atoms with Gasteiger partial charge in [-0.2, -0.15) is 0 Å². The third-order valence-corrected chi connectivity index (χ3v) is 6.02. The Hall–Kier alpha value is -0.770. The zero-order chi connectivity index (χ0) is 14.7. The van der Waals surface area contributed by atoms with Gasteiger partial charge >= 0.3 is 6.03 Å². The van der Waals surface area contributed by atoms with E-state index in [1.165, 1.54) is 44.9 Å². The molecule has 1 heterocycles. The second-order valence-electron chi connectivity index (χ2n) is 7.43. The van der Waals surface area contributed by atoms with Gasteiger partial charge in [-0.1, -0.05) is 32.6 Å². The van der Waals surface area contributed by atoms with Crippen molar-refractivity contribution < 1.29 is 9.53 Å². The first-order valence-electron chi connectivity index (χ1n) is 8.84. The van der Waals surface area contributed by atoms with Crippen molar-refractivity contribution in [2.24, 2.45) is 11.3 Å². The molecule has 0 aromatic carbocycles. The largest absolute Gasteiger partial charge is 0.381 e. The van der Waals surface area contributed by atoms with Gasteiger partial charge in [0.1, 0.15) is 0 Å². The van der Waals surface area contributed by atoms with Gasteiger partial charge in [0.05, 0.1) is 6.61 Å². The topological polar surface area (TPSA) is 50.4 Å². The van der Waals surface area contributed by atoms with E-state index >= 15 is 0 Å². The highest BCUT2D eigenvalue weighted by Gasteiger charge is 2.44. The quantitative estimate of drug-likeness (QED) is 0.821. The SMILES string of the molecule is CC1COCCC1NC(=O)NC1CCCC12CCCCC2. The standard InChI is InChI=1S/C17H30N2O2/c1-13-12-21-11-7-14(13)18-16(20)19-15-6-5-10-17(15)8-3-2-4-9-17/h13-15H,2-12H2,1H3,(H2,18,19,20). The average Bonchev–Trinajstić information content (AvgIpc) is 2.84. The molecule has 3 unspecified atom stereocenters. The molecule has 4 nitrogen and oxygen atoms in total. The molecule has 2 aliphatic carbocycles. The molecule has 2 N–H and O–H groups in total. The number of carbonyl (C=O) groups is 1. The van der Waals surface area contributed by atoms with E-state index in [0.717, 1.165) is 26.1 Å². The van der Waals surface area contributed by atoms with Crippen LogP contribution < -0.4 is 10.6 Å². The summed E-state index contributed by atoms with van der Waals surface area (Å²) in [4.78, 5) is 12.4. The van der Waals surface area contributed by atoms with Gasteiger partial charge in [-0.25, -0.2) is 4.79 Å². The number of hydrogen-bond acceptors (Lipinski definition) is 2. The van der Waals surface area contributed by atoms with Gasteiger partial charge in [-0.15, -0.1) is 0 Å². The van der Waals surface area contributed by atoms with E-state index in [4.69, 9.17) is 4.74 Å². The zero-order valence-electron chi connectivity index (χ0n) is 13.3. The fourth-order valence-electron chi connectivity index (χ4n) is 4.68. The number of nitrogens with one attached hydrogen (secondary N) is 2. The highest BCUT2D eigenvalue weighted by atomic mass is 16.5. The smallest absolute Gasteiger partial charge is 0.315 e. The Morgan fingerprint density at radius 3 is 2.57 bits per heavy atom. The van der Waals surface area contributed by atoms with Crippen LogP contribution in [0.2, 0.25) is 0 Å². The highest BCUT2D eigenvalue weighted by Crippen LogP contribution is 2.49. The molecule has 1 aliphatic heterocycles. The lowest BCUT2D eigenvalue weighted by molar-refractivity contribution is 0.0414. The van der Waals surface area contributed by atoms with Crippen LogP contribution in [0.1, 0.15) is 64.7 Å². The zero-order valence-corrected chi connectivity index (χ0v) is 13.3. The van der Waals surface area contributed by atoms with Crippen LogP contribution >= 0.6 is 0 Å². The van der Waals surface area contributed by atoms with Gasteiger partial charge in [0, 0.05) is 18.7 Å². The molecule has 1 spiro atoms. The molecule has 0 bridgehead atoms. The molecule has 21 heavy (non-hydrogen) atoms. The van der Waals surface area contributed by atoms with Crippen LogP contribution in [0.4, 0.5) is 4.79 Å². The molecule has 0 aromatic heterocycles. The summed E-state index contributed by atoms with van der Waals surface area (Å²) in [6, 6.07) is 0.709. The third kappa shape index (κ3) is 3.36. The molecule has 3 fully saturated rings. The lowest BCUT2D eigenvalue weighted by atomic mass is 9.70. The molecule has 0 aromatic rings. The third-order valence-electron chi connectivity index (χ3n) is 6.02. The van der Waals surface area contributed by atoms with Crippen LogP contribution in [0, 0.1) is 11.3 Å². The summed E-state index contributed by atoms with van der Waals surface area (Å²) >= 11 is 0. The molecular weight excluding hydrogens is 264 g/mol. The van der Waals surface area contributed by atoms with Gasteiger partial charge in [0.2, 0.25) is 0 Å². The van der Waals surface area contributed by atoms with Gasteiger partial charge in [0.25, 0.3) is 0 Å². The Bertz CT molecular complexity index is 366. The van der Waals surface area contributed by atoms with E-state index < -0.39 is 0 Å². The molecular formula is C17H30N2O2.